The van der Waals surface area contributed by atoms with Crippen molar-refractivity contribution in [3.05, 3.63) is 36.0 Å². The van der Waals surface area contributed by atoms with Crippen LogP contribution in [-0.4, -0.2) is 14.9 Å². The average molecular weight is 293 g/mol. The van der Waals surface area contributed by atoms with Gasteiger partial charge < -0.3 is 15.0 Å². The van der Waals surface area contributed by atoms with Gasteiger partial charge in [0.1, 0.15) is 5.75 Å². The van der Waals surface area contributed by atoms with Crippen LogP contribution in [0, 0.1) is 0 Å². The molecule has 0 spiro atoms. The summed E-state index contributed by atoms with van der Waals surface area (Å²) in [5.41, 5.74) is 6.31. The fourth-order valence-corrected chi connectivity index (χ4v) is 2.08. The van der Waals surface area contributed by atoms with E-state index >= 15 is 0 Å². The van der Waals surface area contributed by atoms with Gasteiger partial charge in [-0.05, 0) is 24.3 Å². The van der Waals surface area contributed by atoms with Crippen LogP contribution in [0.4, 0.5) is 5.69 Å². The highest BCUT2D eigenvalue weighted by atomic mass is 32.2. The van der Waals surface area contributed by atoms with E-state index in [0.29, 0.717) is 17.4 Å². The third-order valence-corrected chi connectivity index (χ3v) is 3.66. The molecule has 2 rings (SSSR count). The Bertz CT molecular complexity index is 546. The summed E-state index contributed by atoms with van der Waals surface area (Å²) in [6.45, 7) is 6.73. The van der Waals surface area contributed by atoms with Crippen molar-refractivity contribution in [1.29, 1.82) is 0 Å². The van der Waals surface area contributed by atoms with E-state index in [1.807, 2.05) is 12.1 Å². The highest BCUT2D eigenvalue weighted by Gasteiger charge is 2.14. The monoisotopic (exact) mass is 293 g/mol. The Labute approximate surface area is 122 Å². The van der Waals surface area contributed by atoms with E-state index in [1.165, 1.54) is 0 Å². The van der Waals surface area contributed by atoms with E-state index in [4.69, 9.17) is 15.0 Å². The number of nitrogens with two attached hydrogens (primary N) is 1. The van der Waals surface area contributed by atoms with Gasteiger partial charge in [0.2, 0.25) is 0 Å². The number of ether oxygens (including phenoxy) is 1. The smallest absolute Gasteiger partial charge is 0.264 e. The first kappa shape index (κ1) is 14.7. The molecule has 0 aliphatic carbocycles. The predicted molar refractivity (Wildman–Crippen MR) is 80.5 cm³/mol. The molecular weight excluding hydrogens is 274 g/mol. The molecule has 0 amide bonds. The van der Waals surface area contributed by atoms with Crippen LogP contribution in [0.5, 0.6) is 5.75 Å². The third kappa shape index (κ3) is 4.77. The minimum absolute atomic E-state index is 0.182. The van der Waals surface area contributed by atoms with Crippen molar-refractivity contribution in [2.24, 2.45) is 0 Å². The lowest BCUT2D eigenvalue weighted by molar-refractivity contribution is 0.242. The van der Waals surface area contributed by atoms with Crippen molar-refractivity contribution in [2.75, 3.05) is 5.73 Å². The molecule has 6 heteroatoms. The molecule has 2 aromatic rings. The second kappa shape index (κ2) is 6.17. The zero-order valence-electron chi connectivity index (χ0n) is 11.9. The van der Waals surface area contributed by atoms with Crippen molar-refractivity contribution in [1.82, 2.24) is 10.1 Å². The van der Waals surface area contributed by atoms with E-state index < -0.39 is 0 Å². The molecule has 1 heterocycles. The first-order valence-electron chi connectivity index (χ1n) is 6.36. The summed E-state index contributed by atoms with van der Waals surface area (Å²) in [5, 5.41) is 3.94. The van der Waals surface area contributed by atoms with Crippen LogP contribution >= 0.6 is 11.8 Å². The quantitative estimate of drug-likeness (QED) is 0.853. The molecule has 0 radical (unpaired) electrons. The Kier molecular flexibility index (Phi) is 4.54. The van der Waals surface area contributed by atoms with E-state index in [0.717, 1.165) is 11.5 Å². The van der Waals surface area contributed by atoms with Gasteiger partial charge in [-0.3, -0.25) is 0 Å². The van der Waals surface area contributed by atoms with Gasteiger partial charge in [0, 0.05) is 10.4 Å². The maximum Gasteiger partial charge on any atom is 0.264 e. The van der Waals surface area contributed by atoms with Crippen molar-refractivity contribution in [3.8, 4) is 5.75 Å². The van der Waals surface area contributed by atoms with E-state index in [2.05, 4.69) is 30.9 Å². The zero-order valence-corrected chi connectivity index (χ0v) is 12.7. The SMILES string of the molecule is CC(C)(C)SCc1noc(COc2ccc(N)cc2)n1. The van der Waals surface area contributed by atoms with Gasteiger partial charge in [0.25, 0.3) is 5.89 Å². The second-order valence-electron chi connectivity index (χ2n) is 5.36. The summed E-state index contributed by atoms with van der Waals surface area (Å²) >= 11 is 1.78. The van der Waals surface area contributed by atoms with E-state index in [-0.39, 0.29) is 11.4 Å². The van der Waals surface area contributed by atoms with Crippen molar-refractivity contribution in [2.45, 2.75) is 37.9 Å². The first-order valence-corrected chi connectivity index (χ1v) is 7.35. The lowest BCUT2D eigenvalue weighted by Gasteiger charge is -2.15. The van der Waals surface area contributed by atoms with Crippen LogP contribution in [0.2, 0.25) is 0 Å². The Hall–Kier alpha value is -1.69. The minimum atomic E-state index is 0.182. The molecule has 0 atom stereocenters. The number of hydrogen-bond donors (Lipinski definition) is 1. The van der Waals surface area contributed by atoms with Gasteiger partial charge in [-0.1, -0.05) is 25.9 Å². The Morgan fingerprint density at radius 2 is 1.95 bits per heavy atom. The van der Waals surface area contributed by atoms with Gasteiger partial charge in [-0.25, -0.2) is 0 Å². The standard InChI is InChI=1S/C14H19N3O2S/c1-14(2,3)20-9-12-16-13(19-17-12)8-18-11-6-4-10(15)5-7-11/h4-7H,8-9,15H2,1-3H3. The van der Waals surface area contributed by atoms with Crippen LogP contribution in [0.1, 0.15) is 32.5 Å². The molecule has 1 aromatic carbocycles. The topological polar surface area (TPSA) is 74.2 Å². The maximum absolute atomic E-state index is 5.61. The molecule has 0 aliphatic heterocycles. The molecule has 0 unspecified atom stereocenters. The van der Waals surface area contributed by atoms with Gasteiger partial charge in [0.05, 0.1) is 5.75 Å². The van der Waals surface area contributed by atoms with Gasteiger partial charge in [-0.15, -0.1) is 11.8 Å². The third-order valence-electron chi connectivity index (χ3n) is 2.39. The van der Waals surface area contributed by atoms with Crippen LogP contribution in [0.15, 0.2) is 28.8 Å². The van der Waals surface area contributed by atoms with Crippen molar-refractivity contribution in [3.63, 3.8) is 0 Å². The first-order chi connectivity index (χ1) is 9.42. The molecule has 0 aliphatic rings. The zero-order chi connectivity index (χ0) is 14.6. The van der Waals surface area contributed by atoms with Crippen molar-refractivity contribution >= 4 is 17.4 Å². The lowest BCUT2D eigenvalue weighted by Crippen LogP contribution is -2.07. The number of anilines is 1. The molecule has 108 valence electrons. The molecular formula is C14H19N3O2S. The molecule has 5 nitrogen and oxygen atoms in total. The van der Waals surface area contributed by atoms with E-state index in [1.54, 1.807) is 23.9 Å². The summed E-state index contributed by atoms with van der Waals surface area (Å²) in [6, 6.07) is 7.19. The molecule has 0 saturated heterocycles. The fourth-order valence-electron chi connectivity index (χ4n) is 1.40. The van der Waals surface area contributed by atoms with E-state index in [9.17, 15) is 0 Å². The van der Waals surface area contributed by atoms with Crippen LogP contribution in [0.3, 0.4) is 0 Å². The summed E-state index contributed by atoms with van der Waals surface area (Å²) in [6.07, 6.45) is 0. The highest BCUT2D eigenvalue weighted by molar-refractivity contribution is 7.99. The number of hydrogen-bond acceptors (Lipinski definition) is 6. The summed E-state index contributed by atoms with van der Waals surface area (Å²) in [4.78, 5) is 4.30. The number of nitrogens with zero attached hydrogens (tertiary/aromatic N) is 2. The van der Waals surface area contributed by atoms with Gasteiger partial charge in [0.15, 0.2) is 12.4 Å². The largest absolute Gasteiger partial charge is 0.484 e. The fraction of sp³-hybridized carbons (Fsp3) is 0.429. The number of nitrogen functional groups attached to an aromatic ring is 1. The molecule has 0 fully saturated rings. The second-order valence-corrected chi connectivity index (χ2v) is 7.17. The summed E-state index contributed by atoms with van der Waals surface area (Å²) in [7, 11) is 0. The maximum atomic E-state index is 5.61. The lowest BCUT2D eigenvalue weighted by atomic mass is 10.3. The van der Waals surface area contributed by atoms with Crippen LogP contribution < -0.4 is 10.5 Å². The van der Waals surface area contributed by atoms with Crippen LogP contribution in [-0.2, 0) is 12.4 Å². The number of rotatable bonds is 5. The molecule has 0 saturated carbocycles. The Morgan fingerprint density at radius 1 is 1.25 bits per heavy atom. The molecule has 1 aromatic heterocycles. The molecule has 2 N–H and O–H groups in total. The number of thioether (sulfide) groups is 1. The summed E-state index contributed by atoms with van der Waals surface area (Å²) in [5.74, 6) is 2.63. The summed E-state index contributed by atoms with van der Waals surface area (Å²) < 4.78 is 10.9. The molecule has 20 heavy (non-hydrogen) atoms. The van der Waals surface area contributed by atoms with Gasteiger partial charge >= 0.3 is 0 Å². The number of benzene rings is 1. The normalized spacial score (nSPS) is 11.6. The highest BCUT2D eigenvalue weighted by Crippen LogP contribution is 2.26. The molecule has 0 bridgehead atoms. The predicted octanol–water partition coefficient (Wildman–Crippen LogP) is 3.26. The van der Waals surface area contributed by atoms with Crippen molar-refractivity contribution < 1.29 is 9.26 Å². The Balaban J connectivity index is 1.85. The van der Waals surface area contributed by atoms with Crippen LogP contribution in [0.25, 0.3) is 0 Å². The minimum Gasteiger partial charge on any atom is -0.484 e. The Morgan fingerprint density at radius 3 is 2.60 bits per heavy atom. The average Bonchev–Trinajstić information content (AvgIpc) is 2.83. The number of aromatic nitrogens is 2. The van der Waals surface area contributed by atoms with Gasteiger partial charge in [-0.2, -0.15) is 4.98 Å².